The van der Waals surface area contributed by atoms with Crippen molar-refractivity contribution < 1.29 is 23.8 Å². The van der Waals surface area contributed by atoms with Crippen LogP contribution in [0.15, 0.2) is 77.9 Å². The molecular weight excluding hydrogens is 517 g/mol. The molecule has 6 rings (SSSR count). The number of hydrogen-bond donors (Lipinski definition) is 1. The topological polar surface area (TPSA) is 87.4 Å². The van der Waals surface area contributed by atoms with E-state index in [0.29, 0.717) is 42.4 Å². The van der Waals surface area contributed by atoms with Gasteiger partial charge in [-0.3, -0.25) is 4.79 Å². The van der Waals surface area contributed by atoms with E-state index in [-0.39, 0.29) is 24.5 Å². The fourth-order valence-corrected chi connectivity index (χ4v) is 8.54. The molecule has 1 unspecified atom stereocenters. The third kappa shape index (κ3) is 4.28. The van der Waals surface area contributed by atoms with Crippen molar-refractivity contribution in [1.82, 2.24) is 0 Å². The number of carbonyl (C=O) groups excluding carboxylic acids is 2. The summed E-state index contributed by atoms with van der Waals surface area (Å²) in [6.07, 6.45) is 4.66. The molecule has 0 saturated heterocycles. The number of rotatable bonds is 5. The van der Waals surface area contributed by atoms with Crippen LogP contribution in [0.3, 0.4) is 0 Å². The van der Waals surface area contributed by atoms with Crippen LogP contribution in [0.4, 0.5) is 4.39 Å². The second-order valence-electron chi connectivity index (χ2n) is 12.8. The highest BCUT2D eigenvalue weighted by Gasteiger charge is 2.71. The summed E-state index contributed by atoms with van der Waals surface area (Å²) < 4.78 is 23.6. The first kappa shape index (κ1) is 27.6. The molecule has 5 nitrogen and oxygen atoms in total. The van der Waals surface area contributed by atoms with Gasteiger partial charge in [-0.1, -0.05) is 61.0 Å². The number of aliphatic hydroxyl groups excluding tert-OH is 1. The SMILES string of the molecule is C[C@]12C[C@H](O)C3(F)[C@@H](CCC4=CC(=O)C(CC#N)=C[C@@]43C)[C@@H]1CC[C@H]2OC(=O)c1ccc(Cc2ccccc2)cc1. The van der Waals surface area contributed by atoms with Gasteiger partial charge in [-0.2, -0.15) is 5.26 Å². The maximum Gasteiger partial charge on any atom is 0.338 e. The zero-order valence-electron chi connectivity index (χ0n) is 23.6. The van der Waals surface area contributed by atoms with Crippen LogP contribution >= 0.6 is 0 Å². The van der Waals surface area contributed by atoms with Gasteiger partial charge in [-0.05, 0) is 80.7 Å². The number of nitriles is 1. The predicted molar refractivity (Wildman–Crippen MR) is 152 cm³/mol. The lowest BCUT2D eigenvalue weighted by atomic mass is 9.45. The maximum absolute atomic E-state index is 17.5. The molecule has 0 spiro atoms. The summed E-state index contributed by atoms with van der Waals surface area (Å²) in [5.41, 5.74) is 0.0704. The van der Waals surface area contributed by atoms with Crippen molar-refractivity contribution in [3.63, 3.8) is 0 Å². The van der Waals surface area contributed by atoms with Crippen LogP contribution < -0.4 is 0 Å². The molecule has 4 aliphatic carbocycles. The zero-order valence-corrected chi connectivity index (χ0v) is 23.6. The van der Waals surface area contributed by atoms with Gasteiger partial charge < -0.3 is 9.84 Å². The summed E-state index contributed by atoms with van der Waals surface area (Å²) in [7, 11) is 0. The Morgan fingerprint density at radius 1 is 1.05 bits per heavy atom. The van der Waals surface area contributed by atoms with Crippen molar-refractivity contribution in [2.45, 2.75) is 76.7 Å². The van der Waals surface area contributed by atoms with E-state index in [1.165, 1.54) is 11.6 Å². The quantitative estimate of drug-likeness (QED) is 0.430. The van der Waals surface area contributed by atoms with Gasteiger partial charge in [0.1, 0.15) is 6.10 Å². The third-order valence-corrected chi connectivity index (χ3v) is 10.7. The Kier molecular flexibility index (Phi) is 6.77. The second kappa shape index (κ2) is 10.1. The Balaban J connectivity index is 1.21. The number of alkyl halides is 1. The third-order valence-electron chi connectivity index (χ3n) is 10.7. The van der Waals surface area contributed by atoms with E-state index >= 15 is 4.39 Å². The van der Waals surface area contributed by atoms with Crippen LogP contribution in [-0.2, 0) is 16.0 Å². The fourth-order valence-electron chi connectivity index (χ4n) is 8.54. The number of esters is 1. The minimum Gasteiger partial charge on any atom is -0.458 e. The molecule has 4 aliphatic rings. The molecule has 41 heavy (non-hydrogen) atoms. The molecule has 0 aromatic heterocycles. The van der Waals surface area contributed by atoms with Crippen LogP contribution in [0.2, 0.25) is 0 Å². The van der Waals surface area contributed by atoms with Gasteiger partial charge in [0, 0.05) is 22.3 Å². The molecule has 3 saturated carbocycles. The van der Waals surface area contributed by atoms with Gasteiger partial charge in [0.05, 0.1) is 24.2 Å². The fraction of sp³-hybridized carbons (Fsp3) is 0.457. The summed E-state index contributed by atoms with van der Waals surface area (Å²) in [4.78, 5) is 25.8. The van der Waals surface area contributed by atoms with Crippen molar-refractivity contribution in [2.24, 2.45) is 22.7 Å². The summed E-state index contributed by atoms with van der Waals surface area (Å²) >= 11 is 0. The van der Waals surface area contributed by atoms with Crippen molar-refractivity contribution in [3.8, 4) is 6.07 Å². The van der Waals surface area contributed by atoms with Crippen LogP contribution in [0.25, 0.3) is 0 Å². The summed E-state index contributed by atoms with van der Waals surface area (Å²) in [5.74, 6) is -1.17. The maximum atomic E-state index is 17.5. The first-order chi connectivity index (χ1) is 19.6. The molecule has 0 radical (unpaired) electrons. The van der Waals surface area contributed by atoms with E-state index < -0.39 is 40.6 Å². The van der Waals surface area contributed by atoms with Crippen molar-refractivity contribution in [3.05, 3.63) is 94.6 Å². The number of ether oxygens (including phenoxy) is 1. The van der Waals surface area contributed by atoms with Gasteiger partial charge in [0.15, 0.2) is 11.5 Å². The van der Waals surface area contributed by atoms with E-state index in [1.807, 2.05) is 43.3 Å². The number of benzene rings is 2. The molecule has 1 N–H and O–H groups in total. The Morgan fingerprint density at radius 2 is 1.76 bits per heavy atom. The highest BCUT2D eigenvalue weighted by Crippen LogP contribution is 2.68. The number of hydrogen-bond acceptors (Lipinski definition) is 5. The average Bonchev–Trinajstić information content (AvgIpc) is 3.26. The van der Waals surface area contributed by atoms with Gasteiger partial charge in [-0.15, -0.1) is 0 Å². The van der Waals surface area contributed by atoms with Crippen LogP contribution in [0.5, 0.6) is 0 Å². The smallest absolute Gasteiger partial charge is 0.338 e. The Hall–Kier alpha value is -3.56. The standard InChI is InChI=1S/C35H36FNO4/c1-33-21-30(39)35(36)28(13-12-26-19-29(38)25(16-17-37)20-34(26,35)2)27(33)14-15-31(33)41-32(40)24-10-8-23(9-11-24)18-22-6-4-3-5-7-22/h3-11,19-20,27-28,30-31,39H,12-16,18,21H2,1-2H3/t27-,28-,30-,31+,33-,34-,35?/m0/s1. The first-order valence-electron chi connectivity index (χ1n) is 14.6. The van der Waals surface area contributed by atoms with Gasteiger partial charge in [0.2, 0.25) is 0 Å². The van der Waals surface area contributed by atoms with Crippen LogP contribution in [0, 0.1) is 34.0 Å². The number of allylic oxidation sites excluding steroid dienone is 4. The van der Waals surface area contributed by atoms with E-state index in [0.717, 1.165) is 12.0 Å². The van der Waals surface area contributed by atoms with E-state index in [9.17, 15) is 20.0 Å². The molecule has 2 aromatic rings. The number of halogens is 1. The second-order valence-corrected chi connectivity index (χ2v) is 12.8. The molecule has 6 heteroatoms. The molecule has 0 aliphatic heterocycles. The summed E-state index contributed by atoms with van der Waals surface area (Å²) in [5, 5.41) is 20.8. The lowest BCUT2D eigenvalue weighted by molar-refractivity contribution is -0.200. The van der Waals surface area contributed by atoms with Crippen molar-refractivity contribution in [2.75, 3.05) is 0 Å². The predicted octanol–water partition coefficient (Wildman–Crippen LogP) is 6.46. The first-order valence-corrected chi connectivity index (χ1v) is 14.6. The molecule has 0 heterocycles. The van der Waals surface area contributed by atoms with E-state index in [4.69, 9.17) is 4.74 Å². The number of nitrogens with zero attached hydrogens (tertiary/aromatic N) is 1. The highest BCUT2D eigenvalue weighted by atomic mass is 19.1. The minimum atomic E-state index is -1.98. The van der Waals surface area contributed by atoms with Crippen LogP contribution in [-0.4, -0.2) is 34.7 Å². The average molecular weight is 554 g/mol. The molecule has 212 valence electrons. The van der Waals surface area contributed by atoms with E-state index in [2.05, 4.69) is 12.1 Å². The lowest BCUT2D eigenvalue weighted by Crippen LogP contribution is -2.67. The minimum absolute atomic E-state index is 0.0780. The van der Waals surface area contributed by atoms with E-state index in [1.54, 1.807) is 25.1 Å². The van der Waals surface area contributed by atoms with Gasteiger partial charge in [-0.25, -0.2) is 9.18 Å². The number of ketones is 1. The largest absolute Gasteiger partial charge is 0.458 e. The Bertz CT molecular complexity index is 1470. The number of aliphatic hydroxyl groups is 1. The Morgan fingerprint density at radius 3 is 2.46 bits per heavy atom. The highest BCUT2D eigenvalue weighted by molar-refractivity contribution is 6.06. The zero-order chi connectivity index (χ0) is 29.0. The van der Waals surface area contributed by atoms with Crippen molar-refractivity contribution in [1.29, 1.82) is 5.26 Å². The number of carbonyl (C=O) groups is 2. The van der Waals surface area contributed by atoms with Crippen LogP contribution in [0.1, 0.15) is 73.9 Å². The summed E-state index contributed by atoms with van der Waals surface area (Å²) in [6, 6.07) is 19.6. The molecule has 0 bridgehead atoms. The normalized spacial score (nSPS) is 35.7. The Labute approximate surface area is 240 Å². The number of fused-ring (bicyclic) bond motifs is 5. The monoisotopic (exact) mass is 553 g/mol. The molecule has 3 fully saturated rings. The molecule has 7 atom stereocenters. The summed E-state index contributed by atoms with van der Waals surface area (Å²) in [6.45, 7) is 3.80. The van der Waals surface area contributed by atoms with Gasteiger partial charge in [0.25, 0.3) is 0 Å². The molecule has 2 aromatic carbocycles. The van der Waals surface area contributed by atoms with Gasteiger partial charge >= 0.3 is 5.97 Å². The molecule has 0 amide bonds. The van der Waals surface area contributed by atoms with Crippen molar-refractivity contribution >= 4 is 11.8 Å². The molecular formula is C35H36FNO4. The lowest BCUT2D eigenvalue weighted by Gasteiger charge is -2.61.